The fourth-order valence-corrected chi connectivity index (χ4v) is 4.15. The minimum atomic E-state index is -0.416. The fraction of sp³-hybridized carbons (Fsp3) is 0.200. The van der Waals surface area contributed by atoms with Crippen molar-refractivity contribution in [3.8, 4) is 22.8 Å². The molecule has 0 spiro atoms. The molecule has 2 aromatic carbocycles. The Morgan fingerprint density at radius 1 is 1.16 bits per heavy atom. The number of rotatable bonds is 7. The maximum atomic E-state index is 13.4. The Labute approximate surface area is 185 Å². The number of ether oxygens (including phenoxy) is 1. The van der Waals surface area contributed by atoms with Crippen LogP contribution in [0.15, 0.2) is 71.3 Å². The van der Waals surface area contributed by atoms with Crippen LogP contribution in [-0.4, -0.2) is 32.7 Å². The average Bonchev–Trinajstić information content (AvgIpc) is 3.53. The summed E-state index contributed by atoms with van der Waals surface area (Å²) < 4.78 is 11.4. The summed E-state index contributed by atoms with van der Waals surface area (Å²) in [4.78, 5) is 15.2. The van der Waals surface area contributed by atoms with Gasteiger partial charge in [-0.25, -0.2) is 0 Å². The number of para-hydroxylation sites is 1. The molecule has 0 radical (unpaired) electrons. The van der Waals surface area contributed by atoms with Crippen LogP contribution in [0.2, 0.25) is 0 Å². The largest absolute Gasteiger partial charge is 0.507 e. The van der Waals surface area contributed by atoms with Crippen molar-refractivity contribution in [1.29, 1.82) is 0 Å². The van der Waals surface area contributed by atoms with Crippen LogP contribution in [0.5, 0.6) is 11.5 Å². The number of aromatic nitrogens is 2. The molecule has 2 N–H and O–H groups in total. The van der Waals surface area contributed by atoms with Gasteiger partial charge in [-0.3, -0.25) is 9.89 Å². The quantitative estimate of drug-likeness (QED) is 0.436. The van der Waals surface area contributed by atoms with Crippen LogP contribution in [0, 0.1) is 0 Å². The molecule has 1 aliphatic heterocycles. The lowest BCUT2D eigenvalue weighted by molar-refractivity contribution is 0.0716. The summed E-state index contributed by atoms with van der Waals surface area (Å²) in [6, 6.07) is 18.0. The fourth-order valence-electron chi connectivity index (χ4n) is 4.15. The summed E-state index contributed by atoms with van der Waals surface area (Å²) in [6.45, 7) is 2.98. The molecule has 1 amide bonds. The predicted octanol–water partition coefficient (Wildman–Crippen LogP) is 4.91. The molecule has 162 valence electrons. The first kappa shape index (κ1) is 19.9. The highest BCUT2D eigenvalue weighted by molar-refractivity contribution is 6.00. The number of benzene rings is 2. The number of fused-ring (bicyclic) bond motifs is 1. The summed E-state index contributed by atoms with van der Waals surface area (Å²) in [5.74, 6) is 1.37. The molecule has 2 aromatic heterocycles. The van der Waals surface area contributed by atoms with Crippen LogP contribution >= 0.6 is 0 Å². The Hall–Kier alpha value is -4.00. The number of carbonyl (C=O) groups is 1. The molecule has 0 bridgehead atoms. The normalized spacial score (nSPS) is 15.2. The summed E-state index contributed by atoms with van der Waals surface area (Å²) in [7, 11) is 0. The second kappa shape index (κ2) is 8.26. The SMILES string of the molecule is CCCOc1cccc(C2c3c(-c4ccccc4O)n[nH]c3C(=O)N2Cc2ccco2)c1. The van der Waals surface area contributed by atoms with E-state index in [1.807, 2.05) is 36.4 Å². The van der Waals surface area contributed by atoms with Crippen molar-refractivity contribution in [1.82, 2.24) is 15.1 Å². The van der Waals surface area contributed by atoms with E-state index in [2.05, 4.69) is 17.1 Å². The number of H-pyrrole nitrogens is 1. The minimum absolute atomic E-state index is 0.109. The van der Waals surface area contributed by atoms with Crippen LogP contribution in [0.25, 0.3) is 11.3 Å². The molecule has 3 heterocycles. The molecular weight excluding hydrogens is 406 g/mol. The highest BCUT2D eigenvalue weighted by Gasteiger charge is 2.43. The molecule has 0 fully saturated rings. The van der Waals surface area contributed by atoms with E-state index >= 15 is 0 Å². The summed E-state index contributed by atoms with van der Waals surface area (Å²) >= 11 is 0. The number of nitrogens with one attached hydrogen (secondary N) is 1. The minimum Gasteiger partial charge on any atom is -0.507 e. The van der Waals surface area contributed by atoms with Gasteiger partial charge in [-0.05, 0) is 48.4 Å². The lowest BCUT2D eigenvalue weighted by atomic mass is 9.95. The van der Waals surface area contributed by atoms with Gasteiger partial charge in [0.05, 0.1) is 25.5 Å². The predicted molar refractivity (Wildman–Crippen MR) is 118 cm³/mol. The smallest absolute Gasteiger partial charge is 0.273 e. The van der Waals surface area contributed by atoms with Gasteiger partial charge in [0.15, 0.2) is 0 Å². The van der Waals surface area contributed by atoms with Crippen LogP contribution in [-0.2, 0) is 6.54 Å². The Balaban J connectivity index is 1.64. The zero-order chi connectivity index (χ0) is 22.1. The number of furan rings is 1. The van der Waals surface area contributed by atoms with Crippen molar-refractivity contribution < 1.29 is 19.1 Å². The van der Waals surface area contributed by atoms with Gasteiger partial charge in [-0.15, -0.1) is 0 Å². The lowest BCUT2D eigenvalue weighted by Crippen LogP contribution is -2.29. The second-order valence-electron chi connectivity index (χ2n) is 7.71. The zero-order valence-corrected chi connectivity index (χ0v) is 17.6. The summed E-state index contributed by atoms with van der Waals surface area (Å²) in [6.07, 6.45) is 2.50. The Bertz CT molecular complexity index is 1250. The van der Waals surface area contributed by atoms with E-state index in [-0.39, 0.29) is 11.7 Å². The number of hydrogen-bond donors (Lipinski definition) is 2. The number of hydrogen-bond acceptors (Lipinski definition) is 5. The molecule has 1 aliphatic rings. The molecule has 1 atom stereocenters. The third-order valence-corrected chi connectivity index (χ3v) is 5.58. The van der Waals surface area contributed by atoms with E-state index in [1.165, 1.54) is 0 Å². The van der Waals surface area contributed by atoms with Gasteiger partial charge < -0.3 is 19.2 Å². The first-order valence-corrected chi connectivity index (χ1v) is 10.6. The Morgan fingerprint density at radius 3 is 2.81 bits per heavy atom. The zero-order valence-electron chi connectivity index (χ0n) is 17.6. The number of nitrogens with zero attached hydrogens (tertiary/aromatic N) is 2. The van der Waals surface area contributed by atoms with Gasteiger partial charge in [-0.1, -0.05) is 31.2 Å². The van der Waals surface area contributed by atoms with Crippen molar-refractivity contribution >= 4 is 5.91 Å². The Kier molecular flexibility index (Phi) is 5.15. The van der Waals surface area contributed by atoms with Gasteiger partial charge in [0, 0.05) is 11.1 Å². The standard InChI is InChI=1S/C25H23N3O4/c1-2-12-31-17-8-5-7-16(14-17)24-21-22(19-10-3-4-11-20(19)29)26-27-23(21)25(30)28(24)15-18-9-6-13-32-18/h3-11,13-14,24,29H,2,12,15H2,1H3,(H,26,27). The monoisotopic (exact) mass is 429 g/mol. The molecular formula is C25H23N3O4. The van der Waals surface area contributed by atoms with Crippen LogP contribution in [0.3, 0.4) is 0 Å². The number of phenolic OH excluding ortho intramolecular Hbond substituents is 1. The first-order valence-electron chi connectivity index (χ1n) is 10.6. The van der Waals surface area contributed by atoms with E-state index in [9.17, 15) is 9.90 Å². The van der Waals surface area contributed by atoms with E-state index < -0.39 is 6.04 Å². The van der Waals surface area contributed by atoms with Crippen LogP contribution < -0.4 is 4.74 Å². The second-order valence-corrected chi connectivity index (χ2v) is 7.71. The van der Waals surface area contributed by atoms with Gasteiger partial charge in [0.25, 0.3) is 5.91 Å². The van der Waals surface area contributed by atoms with Crippen molar-refractivity contribution in [2.45, 2.75) is 25.9 Å². The van der Waals surface area contributed by atoms with Gasteiger partial charge in [0.2, 0.25) is 0 Å². The third-order valence-electron chi connectivity index (χ3n) is 5.58. The topological polar surface area (TPSA) is 91.6 Å². The van der Waals surface area contributed by atoms with Gasteiger partial charge in [-0.2, -0.15) is 5.10 Å². The highest BCUT2D eigenvalue weighted by Crippen LogP contribution is 2.45. The van der Waals surface area contributed by atoms with Crippen molar-refractivity contribution in [3.63, 3.8) is 0 Å². The van der Waals surface area contributed by atoms with E-state index in [0.29, 0.717) is 35.9 Å². The van der Waals surface area contributed by atoms with Crippen molar-refractivity contribution in [2.24, 2.45) is 0 Å². The van der Waals surface area contributed by atoms with Gasteiger partial charge >= 0.3 is 0 Å². The molecule has 1 unspecified atom stereocenters. The highest BCUT2D eigenvalue weighted by atomic mass is 16.5. The maximum Gasteiger partial charge on any atom is 0.273 e. The third kappa shape index (κ3) is 3.41. The van der Waals surface area contributed by atoms with Crippen molar-refractivity contribution in [3.05, 3.63) is 89.5 Å². The molecule has 4 aromatic rings. The molecule has 5 rings (SSSR count). The molecule has 7 heteroatoms. The number of amides is 1. The summed E-state index contributed by atoms with van der Waals surface area (Å²) in [5, 5.41) is 17.8. The number of aromatic hydroxyl groups is 1. The van der Waals surface area contributed by atoms with Crippen molar-refractivity contribution in [2.75, 3.05) is 6.61 Å². The van der Waals surface area contributed by atoms with E-state index in [4.69, 9.17) is 9.15 Å². The summed E-state index contributed by atoms with van der Waals surface area (Å²) in [5.41, 5.74) is 3.17. The van der Waals surface area contributed by atoms with Crippen LogP contribution in [0.1, 0.15) is 46.8 Å². The molecule has 0 saturated heterocycles. The first-order chi connectivity index (χ1) is 15.7. The molecule has 0 saturated carbocycles. The lowest BCUT2D eigenvalue weighted by Gasteiger charge is -2.26. The maximum absolute atomic E-state index is 13.4. The van der Waals surface area contributed by atoms with E-state index in [0.717, 1.165) is 23.3 Å². The molecule has 0 aliphatic carbocycles. The number of carbonyl (C=O) groups excluding carboxylic acids is 1. The Morgan fingerprint density at radius 2 is 2.03 bits per heavy atom. The molecule has 7 nitrogen and oxygen atoms in total. The average molecular weight is 429 g/mol. The van der Waals surface area contributed by atoms with Crippen LogP contribution in [0.4, 0.5) is 0 Å². The number of phenols is 1. The van der Waals surface area contributed by atoms with Gasteiger partial charge in [0.1, 0.15) is 28.6 Å². The van der Waals surface area contributed by atoms with E-state index in [1.54, 1.807) is 35.4 Å². The number of aromatic amines is 1. The molecule has 32 heavy (non-hydrogen) atoms.